The molecule has 2 rings (SSSR count). The topological polar surface area (TPSA) is 125 Å². The highest BCUT2D eigenvalue weighted by atomic mass is 16.4. The first kappa shape index (κ1) is 15.9. The van der Waals surface area contributed by atoms with Crippen molar-refractivity contribution in [3.8, 4) is 5.88 Å². The van der Waals surface area contributed by atoms with Gasteiger partial charge in [0.25, 0.3) is 0 Å². The Bertz CT molecular complexity index is 619. The standard InChI is InChI=1S/C14H19N5O3/c1-14(2,3)11(13(21)22)9(12-16-18-19-17-12)6-8-4-5-10(20)15-7-8/h4-5,7,9,11H,6H2,1-3H3,(H,15,20)(H,21,22)(H,16,17,18,19)/t9-,11-/m0/s1. The van der Waals surface area contributed by atoms with Gasteiger partial charge in [-0.05, 0) is 27.8 Å². The lowest BCUT2D eigenvalue weighted by molar-refractivity contribution is -0.146. The Morgan fingerprint density at radius 2 is 2.09 bits per heavy atom. The van der Waals surface area contributed by atoms with Gasteiger partial charge >= 0.3 is 5.97 Å². The molecule has 2 heterocycles. The smallest absolute Gasteiger partial charge is 0.307 e. The highest BCUT2D eigenvalue weighted by Gasteiger charge is 2.40. The fraction of sp³-hybridized carbons (Fsp3) is 0.500. The number of pyridine rings is 1. The van der Waals surface area contributed by atoms with Crippen molar-refractivity contribution in [2.24, 2.45) is 11.3 Å². The molecule has 2 aromatic rings. The zero-order valence-electron chi connectivity index (χ0n) is 12.7. The minimum atomic E-state index is -0.902. The molecule has 0 unspecified atom stereocenters. The Hall–Kier alpha value is -2.51. The van der Waals surface area contributed by atoms with Crippen LogP contribution in [0.4, 0.5) is 0 Å². The molecule has 0 radical (unpaired) electrons. The second-order valence-corrected chi connectivity index (χ2v) is 6.30. The first-order chi connectivity index (χ1) is 10.3. The van der Waals surface area contributed by atoms with Crippen molar-refractivity contribution >= 4 is 5.97 Å². The summed E-state index contributed by atoms with van der Waals surface area (Å²) in [6.45, 7) is 5.62. The van der Waals surface area contributed by atoms with Crippen LogP contribution in [0.2, 0.25) is 0 Å². The predicted molar refractivity (Wildman–Crippen MR) is 77.1 cm³/mol. The molecule has 0 saturated heterocycles. The largest absolute Gasteiger partial charge is 0.493 e. The number of carboxylic acid groups (broad SMARTS) is 1. The van der Waals surface area contributed by atoms with Crippen molar-refractivity contribution in [3.05, 3.63) is 29.7 Å². The number of carbonyl (C=O) groups is 1. The second-order valence-electron chi connectivity index (χ2n) is 6.30. The van der Waals surface area contributed by atoms with Gasteiger partial charge < -0.3 is 10.2 Å². The summed E-state index contributed by atoms with van der Waals surface area (Å²) >= 11 is 0. The van der Waals surface area contributed by atoms with Crippen molar-refractivity contribution in [1.29, 1.82) is 0 Å². The molecule has 2 aromatic heterocycles. The summed E-state index contributed by atoms with van der Waals surface area (Å²) in [4.78, 5) is 15.6. The molecule has 0 bridgehead atoms. The first-order valence-electron chi connectivity index (χ1n) is 6.89. The van der Waals surface area contributed by atoms with E-state index >= 15 is 0 Å². The van der Waals surface area contributed by atoms with Gasteiger partial charge in [0.05, 0.1) is 5.92 Å². The zero-order valence-corrected chi connectivity index (χ0v) is 12.7. The number of hydrogen-bond donors (Lipinski definition) is 3. The molecule has 0 amide bonds. The number of aliphatic carboxylic acids is 1. The molecule has 0 aliphatic rings. The quantitative estimate of drug-likeness (QED) is 0.761. The maximum Gasteiger partial charge on any atom is 0.307 e. The third kappa shape index (κ3) is 3.57. The lowest BCUT2D eigenvalue weighted by Crippen LogP contribution is -2.35. The van der Waals surface area contributed by atoms with Crippen molar-refractivity contribution in [1.82, 2.24) is 25.6 Å². The van der Waals surface area contributed by atoms with Gasteiger partial charge in [0.2, 0.25) is 5.88 Å². The summed E-state index contributed by atoms with van der Waals surface area (Å²) in [5.41, 5.74) is 0.322. The van der Waals surface area contributed by atoms with Gasteiger partial charge in [0.1, 0.15) is 0 Å². The Morgan fingerprint density at radius 3 is 2.55 bits per heavy atom. The number of carboxylic acids is 1. The number of hydrogen-bond acceptors (Lipinski definition) is 6. The summed E-state index contributed by atoms with van der Waals surface area (Å²) in [6, 6.07) is 3.18. The van der Waals surface area contributed by atoms with E-state index < -0.39 is 23.2 Å². The van der Waals surface area contributed by atoms with Gasteiger partial charge in [-0.2, -0.15) is 0 Å². The van der Waals surface area contributed by atoms with Crippen LogP contribution in [0.15, 0.2) is 18.3 Å². The molecule has 0 aromatic carbocycles. The Morgan fingerprint density at radius 1 is 1.36 bits per heavy atom. The Labute approximate surface area is 127 Å². The fourth-order valence-corrected chi connectivity index (χ4v) is 2.63. The third-order valence-electron chi connectivity index (χ3n) is 3.58. The summed E-state index contributed by atoms with van der Waals surface area (Å²) in [7, 11) is 0. The predicted octanol–water partition coefficient (Wildman–Crippen LogP) is 1.37. The van der Waals surface area contributed by atoms with E-state index in [2.05, 4.69) is 25.6 Å². The molecule has 0 spiro atoms. The van der Waals surface area contributed by atoms with Crippen molar-refractivity contribution in [3.63, 3.8) is 0 Å². The molecule has 0 aliphatic heterocycles. The number of tetrazole rings is 1. The summed E-state index contributed by atoms with van der Waals surface area (Å²) < 4.78 is 0. The van der Waals surface area contributed by atoms with Crippen LogP contribution in [0.1, 0.15) is 38.1 Å². The van der Waals surface area contributed by atoms with Crippen LogP contribution >= 0.6 is 0 Å². The highest BCUT2D eigenvalue weighted by molar-refractivity contribution is 5.72. The van der Waals surface area contributed by atoms with Gasteiger partial charge in [-0.15, -0.1) is 5.10 Å². The van der Waals surface area contributed by atoms with Gasteiger partial charge in [0.15, 0.2) is 5.82 Å². The van der Waals surface area contributed by atoms with Gasteiger partial charge in [-0.25, -0.2) is 10.1 Å². The van der Waals surface area contributed by atoms with Crippen LogP contribution < -0.4 is 0 Å². The van der Waals surface area contributed by atoms with Gasteiger partial charge in [-0.3, -0.25) is 4.79 Å². The van der Waals surface area contributed by atoms with Gasteiger partial charge in [-0.1, -0.05) is 26.8 Å². The first-order valence-corrected chi connectivity index (χ1v) is 6.89. The van der Waals surface area contributed by atoms with E-state index in [0.717, 1.165) is 5.56 Å². The van der Waals surface area contributed by atoms with E-state index in [1.807, 2.05) is 20.8 Å². The monoisotopic (exact) mass is 305 g/mol. The normalized spacial score (nSPS) is 14.5. The van der Waals surface area contributed by atoms with E-state index in [-0.39, 0.29) is 5.88 Å². The zero-order chi connectivity index (χ0) is 16.3. The van der Waals surface area contributed by atoms with Crippen molar-refractivity contribution in [2.45, 2.75) is 33.1 Å². The molecular weight excluding hydrogens is 286 g/mol. The number of aromatic amines is 1. The Balaban J connectivity index is 2.38. The second kappa shape index (κ2) is 6.08. The average molecular weight is 305 g/mol. The van der Waals surface area contributed by atoms with Crippen LogP contribution in [0.5, 0.6) is 5.88 Å². The number of aromatic hydroxyl groups is 1. The van der Waals surface area contributed by atoms with E-state index in [4.69, 9.17) is 0 Å². The SMILES string of the molecule is CC(C)(C)[C@H](C(=O)O)[C@H](Cc1ccc(O)nc1)c1nnn[nH]1. The fourth-order valence-electron chi connectivity index (χ4n) is 2.63. The molecule has 8 heteroatoms. The number of rotatable bonds is 5. The summed E-state index contributed by atoms with van der Waals surface area (Å²) in [5.74, 6) is -1.67. The lowest BCUT2D eigenvalue weighted by atomic mass is 9.71. The van der Waals surface area contributed by atoms with Gasteiger partial charge in [0, 0.05) is 18.2 Å². The minimum absolute atomic E-state index is 0.0766. The molecule has 0 saturated carbocycles. The van der Waals surface area contributed by atoms with Crippen LogP contribution in [0.25, 0.3) is 0 Å². The molecule has 0 fully saturated rings. The third-order valence-corrected chi connectivity index (χ3v) is 3.58. The molecule has 3 N–H and O–H groups in total. The van der Waals surface area contributed by atoms with E-state index in [9.17, 15) is 15.0 Å². The maximum atomic E-state index is 11.8. The molecule has 8 nitrogen and oxygen atoms in total. The van der Waals surface area contributed by atoms with E-state index in [0.29, 0.717) is 12.2 Å². The summed E-state index contributed by atoms with van der Waals surface area (Å²) in [5, 5.41) is 32.6. The van der Waals surface area contributed by atoms with Crippen LogP contribution in [0, 0.1) is 11.3 Å². The van der Waals surface area contributed by atoms with Crippen LogP contribution in [0.3, 0.4) is 0 Å². The molecular formula is C14H19N5O3. The minimum Gasteiger partial charge on any atom is -0.493 e. The molecule has 0 aliphatic carbocycles. The number of nitrogens with zero attached hydrogens (tertiary/aromatic N) is 4. The van der Waals surface area contributed by atoms with E-state index in [1.54, 1.807) is 6.07 Å². The van der Waals surface area contributed by atoms with Crippen LogP contribution in [-0.2, 0) is 11.2 Å². The highest BCUT2D eigenvalue weighted by Crippen LogP contribution is 2.38. The van der Waals surface area contributed by atoms with Crippen molar-refractivity contribution in [2.75, 3.05) is 0 Å². The molecule has 22 heavy (non-hydrogen) atoms. The molecule has 2 atom stereocenters. The number of nitrogens with one attached hydrogen (secondary N) is 1. The Kier molecular flexibility index (Phi) is 4.39. The average Bonchev–Trinajstić information content (AvgIpc) is 2.92. The van der Waals surface area contributed by atoms with Crippen molar-refractivity contribution < 1.29 is 15.0 Å². The van der Waals surface area contributed by atoms with E-state index in [1.165, 1.54) is 12.3 Å². The maximum absolute atomic E-state index is 11.8. The van der Waals surface area contributed by atoms with Crippen LogP contribution in [-0.4, -0.2) is 41.8 Å². The molecule has 118 valence electrons. The number of H-pyrrole nitrogens is 1. The summed E-state index contributed by atoms with van der Waals surface area (Å²) in [6.07, 6.45) is 1.92. The lowest BCUT2D eigenvalue weighted by Gasteiger charge is -2.32. The number of aromatic nitrogens is 5.